The van der Waals surface area contributed by atoms with Crippen molar-refractivity contribution in [1.82, 2.24) is 19.9 Å². The fourth-order valence-corrected chi connectivity index (χ4v) is 1.68. The zero-order valence-electron chi connectivity index (χ0n) is 8.64. The summed E-state index contributed by atoms with van der Waals surface area (Å²) in [5.41, 5.74) is 1.39. The zero-order valence-corrected chi connectivity index (χ0v) is 9.40. The number of imidazole rings is 1. The highest BCUT2D eigenvalue weighted by Gasteiger charge is 2.06. The predicted octanol–water partition coefficient (Wildman–Crippen LogP) is 2.21. The summed E-state index contributed by atoms with van der Waals surface area (Å²) in [6.07, 6.45) is 3.04. The Bertz CT molecular complexity index is 647. The maximum atomic E-state index is 5.68. The Morgan fingerprint density at radius 2 is 2.24 bits per heavy atom. The summed E-state index contributed by atoms with van der Waals surface area (Å²) in [7, 11) is 0. The summed E-state index contributed by atoms with van der Waals surface area (Å²) in [6.45, 7) is 0.498. The number of aromatic nitrogens is 4. The van der Waals surface area contributed by atoms with Crippen molar-refractivity contribution in [2.45, 2.75) is 6.54 Å². The highest BCUT2D eigenvalue weighted by molar-refractivity contribution is 6.28. The molecule has 0 bridgehead atoms. The summed E-state index contributed by atoms with van der Waals surface area (Å²) in [5, 5.41) is 3.50. The Morgan fingerprint density at radius 3 is 3.06 bits per heavy atom. The molecule has 17 heavy (non-hydrogen) atoms. The summed E-state index contributed by atoms with van der Waals surface area (Å²) in [5.74, 6) is 1.42. The molecule has 0 spiro atoms. The van der Waals surface area contributed by atoms with Crippen molar-refractivity contribution in [3.8, 4) is 0 Å². The highest BCUT2D eigenvalue weighted by atomic mass is 35.5. The first-order valence-corrected chi connectivity index (χ1v) is 5.33. The van der Waals surface area contributed by atoms with E-state index in [1.165, 1.54) is 6.33 Å². The third kappa shape index (κ3) is 1.94. The molecule has 86 valence electrons. The number of furan rings is 1. The van der Waals surface area contributed by atoms with E-state index >= 15 is 0 Å². The van der Waals surface area contributed by atoms with Crippen LogP contribution in [-0.2, 0) is 6.54 Å². The number of H-pyrrole nitrogens is 1. The fraction of sp³-hybridized carbons (Fsp3) is 0.100. The molecular formula is C10H8ClN5O. The van der Waals surface area contributed by atoms with Gasteiger partial charge in [0, 0.05) is 0 Å². The van der Waals surface area contributed by atoms with Gasteiger partial charge in [0.1, 0.15) is 17.6 Å². The first-order valence-electron chi connectivity index (χ1n) is 4.95. The van der Waals surface area contributed by atoms with Crippen LogP contribution in [0.4, 0.5) is 5.82 Å². The van der Waals surface area contributed by atoms with Gasteiger partial charge >= 0.3 is 0 Å². The van der Waals surface area contributed by atoms with Gasteiger partial charge in [-0.2, -0.15) is 0 Å². The molecule has 0 fully saturated rings. The second-order valence-corrected chi connectivity index (χ2v) is 3.76. The van der Waals surface area contributed by atoms with Crippen LogP contribution in [0.5, 0.6) is 0 Å². The predicted molar refractivity (Wildman–Crippen MR) is 62.7 cm³/mol. The fourth-order valence-electron chi connectivity index (χ4n) is 1.52. The van der Waals surface area contributed by atoms with Crippen LogP contribution in [0, 0.1) is 0 Å². The van der Waals surface area contributed by atoms with Crippen LogP contribution >= 0.6 is 11.6 Å². The lowest BCUT2D eigenvalue weighted by atomic mass is 10.4. The second-order valence-electron chi connectivity index (χ2n) is 3.38. The molecule has 3 heterocycles. The van der Waals surface area contributed by atoms with Crippen LogP contribution in [-0.4, -0.2) is 19.9 Å². The highest BCUT2D eigenvalue weighted by Crippen LogP contribution is 2.17. The lowest BCUT2D eigenvalue weighted by Crippen LogP contribution is -2.01. The number of rotatable bonds is 3. The monoisotopic (exact) mass is 249 g/mol. The Kier molecular flexibility index (Phi) is 2.41. The maximum absolute atomic E-state index is 5.68. The average Bonchev–Trinajstić information content (AvgIpc) is 2.94. The molecule has 3 aromatic heterocycles. The number of hydrogen-bond acceptors (Lipinski definition) is 5. The van der Waals surface area contributed by atoms with Crippen molar-refractivity contribution in [3.63, 3.8) is 0 Å². The molecular weight excluding hydrogens is 242 g/mol. The molecule has 0 aliphatic rings. The molecule has 0 aromatic carbocycles. The van der Waals surface area contributed by atoms with E-state index in [0.717, 1.165) is 11.3 Å². The topological polar surface area (TPSA) is 79.6 Å². The van der Waals surface area contributed by atoms with Gasteiger partial charge in [-0.3, -0.25) is 0 Å². The van der Waals surface area contributed by atoms with Crippen molar-refractivity contribution >= 4 is 28.6 Å². The van der Waals surface area contributed by atoms with Crippen LogP contribution in [0.15, 0.2) is 29.2 Å². The molecule has 2 N–H and O–H groups in total. The van der Waals surface area contributed by atoms with Gasteiger partial charge in [0.15, 0.2) is 16.7 Å². The summed E-state index contributed by atoms with van der Waals surface area (Å²) >= 11 is 5.68. The molecule has 0 amide bonds. The van der Waals surface area contributed by atoms with E-state index in [1.807, 2.05) is 0 Å². The number of fused-ring (bicyclic) bond motifs is 1. The van der Waals surface area contributed by atoms with E-state index in [2.05, 4.69) is 25.3 Å². The Labute approximate surface area is 101 Å². The molecule has 0 aliphatic carbocycles. The molecule has 3 aromatic rings. The van der Waals surface area contributed by atoms with E-state index in [4.69, 9.17) is 16.0 Å². The van der Waals surface area contributed by atoms with E-state index in [-0.39, 0.29) is 0 Å². The molecule has 0 unspecified atom stereocenters. The Hall–Kier alpha value is -2.08. The van der Waals surface area contributed by atoms with E-state index < -0.39 is 0 Å². The third-order valence-corrected chi connectivity index (χ3v) is 2.49. The van der Waals surface area contributed by atoms with Crippen molar-refractivity contribution in [2.75, 3.05) is 5.32 Å². The van der Waals surface area contributed by atoms with Crippen LogP contribution < -0.4 is 5.32 Å². The van der Waals surface area contributed by atoms with E-state index in [9.17, 15) is 0 Å². The first-order chi connectivity index (χ1) is 8.33. The third-order valence-electron chi connectivity index (χ3n) is 2.28. The second kappa shape index (κ2) is 4.06. The quantitative estimate of drug-likeness (QED) is 0.744. The number of halogens is 1. The Balaban J connectivity index is 1.83. The lowest BCUT2D eigenvalue weighted by Gasteiger charge is -2.03. The maximum Gasteiger partial charge on any atom is 0.193 e. The minimum absolute atomic E-state index is 0.371. The van der Waals surface area contributed by atoms with Gasteiger partial charge in [-0.25, -0.2) is 15.0 Å². The summed E-state index contributed by atoms with van der Waals surface area (Å²) < 4.78 is 5.23. The molecule has 7 heteroatoms. The minimum Gasteiger partial charge on any atom is -0.448 e. The van der Waals surface area contributed by atoms with Gasteiger partial charge in [0.25, 0.3) is 0 Å². The van der Waals surface area contributed by atoms with Crippen LogP contribution in [0.3, 0.4) is 0 Å². The smallest absolute Gasteiger partial charge is 0.193 e. The van der Waals surface area contributed by atoms with Gasteiger partial charge in [-0.1, -0.05) is 0 Å². The van der Waals surface area contributed by atoms with Gasteiger partial charge in [0.05, 0.1) is 12.9 Å². The molecule has 0 aliphatic heterocycles. The first kappa shape index (κ1) is 10.1. The minimum atomic E-state index is 0.371. The standard InChI is InChI=1S/C10H8ClN5O/c11-7-2-1-6(17-7)3-12-9-8-10(14-4-13-8)16-5-15-9/h1-2,4-5H,3H2,(H2,12,13,14,15,16). The normalized spacial score (nSPS) is 10.9. The van der Waals surface area contributed by atoms with Gasteiger partial charge in [-0.15, -0.1) is 0 Å². The van der Waals surface area contributed by atoms with Crippen molar-refractivity contribution in [2.24, 2.45) is 0 Å². The van der Waals surface area contributed by atoms with Gasteiger partial charge in [0.2, 0.25) is 0 Å². The molecule has 3 rings (SSSR count). The Morgan fingerprint density at radius 1 is 1.29 bits per heavy atom. The average molecular weight is 250 g/mol. The number of aromatic amines is 1. The van der Waals surface area contributed by atoms with Gasteiger partial charge < -0.3 is 14.7 Å². The van der Waals surface area contributed by atoms with Crippen LogP contribution in [0.25, 0.3) is 11.2 Å². The zero-order chi connectivity index (χ0) is 11.7. The molecule has 6 nitrogen and oxygen atoms in total. The molecule has 0 radical (unpaired) electrons. The molecule has 0 saturated heterocycles. The van der Waals surface area contributed by atoms with Crippen molar-refractivity contribution in [3.05, 3.63) is 35.8 Å². The number of nitrogens with zero attached hydrogens (tertiary/aromatic N) is 3. The SMILES string of the molecule is Clc1ccc(CNc2ncnc3nc[nH]c23)o1. The van der Waals surface area contributed by atoms with Crippen molar-refractivity contribution < 1.29 is 4.42 Å². The number of nitrogens with one attached hydrogen (secondary N) is 2. The summed E-state index contributed by atoms with van der Waals surface area (Å²) in [6, 6.07) is 3.50. The molecule has 0 atom stereocenters. The largest absolute Gasteiger partial charge is 0.448 e. The van der Waals surface area contributed by atoms with E-state index in [1.54, 1.807) is 18.5 Å². The lowest BCUT2D eigenvalue weighted by molar-refractivity contribution is 0.520. The number of hydrogen-bond donors (Lipinski definition) is 2. The summed E-state index contributed by atoms with van der Waals surface area (Å²) in [4.78, 5) is 15.2. The van der Waals surface area contributed by atoms with E-state index in [0.29, 0.717) is 23.2 Å². The number of anilines is 1. The van der Waals surface area contributed by atoms with Crippen LogP contribution in [0.2, 0.25) is 5.22 Å². The van der Waals surface area contributed by atoms with Crippen LogP contribution in [0.1, 0.15) is 5.76 Å². The van der Waals surface area contributed by atoms with Gasteiger partial charge in [-0.05, 0) is 23.7 Å². The van der Waals surface area contributed by atoms with Crippen molar-refractivity contribution in [1.29, 1.82) is 0 Å². The molecule has 0 saturated carbocycles.